The smallest absolute Gasteiger partial charge is 0.336 e. The number of benzene rings is 1. The average Bonchev–Trinajstić information content (AvgIpc) is 2.41. The first-order valence-electron chi connectivity index (χ1n) is 5.52. The fourth-order valence-electron chi connectivity index (χ4n) is 1.93. The van der Waals surface area contributed by atoms with Gasteiger partial charge in [-0.1, -0.05) is 17.7 Å². The number of nitrogens with zero attached hydrogens (tertiary/aromatic N) is 1. The van der Waals surface area contributed by atoms with Crippen LogP contribution in [0.5, 0.6) is 5.75 Å². The third-order valence-corrected chi connectivity index (χ3v) is 3.09. The van der Waals surface area contributed by atoms with Crippen LogP contribution in [-0.4, -0.2) is 10.1 Å². The highest BCUT2D eigenvalue weighted by Crippen LogP contribution is 2.33. The van der Waals surface area contributed by atoms with Gasteiger partial charge in [0.25, 0.3) is 0 Å². The molecule has 0 aliphatic rings. The predicted octanol–water partition coefficient (Wildman–Crippen LogP) is 3.21. The van der Waals surface area contributed by atoms with E-state index >= 15 is 0 Å². The molecule has 3 rings (SSSR count). The Morgan fingerprint density at radius 1 is 1.26 bits per heavy atom. The first-order valence-corrected chi connectivity index (χ1v) is 5.90. The molecule has 0 unspecified atom stereocenters. The topological polar surface area (TPSA) is 63.3 Å². The van der Waals surface area contributed by atoms with Crippen LogP contribution in [0, 0.1) is 0 Å². The summed E-state index contributed by atoms with van der Waals surface area (Å²) in [4.78, 5) is 15.6. The molecule has 2 aromatic heterocycles. The van der Waals surface area contributed by atoms with Crippen molar-refractivity contribution in [2.45, 2.75) is 0 Å². The zero-order valence-electron chi connectivity index (χ0n) is 9.63. The van der Waals surface area contributed by atoms with Crippen LogP contribution in [0.3, 0.4) is 0 Å². The van der Waals surface area contributed by atoms with Crippen LogP contribution < -0.4 is 5.63 Å². The molecule has 0 amide bonds. The van der Waals surface area contributed by atoms with E-state index in [2.05, 4.69) is 4.98 Å². The Bertz CT molecular complexity index is 812. The Hall–Kier alpha value is -2.33. The van der Waals surface area contributed by atoms with Crippen molar-refractivity contribution in [3.8, 4) is 16.9 Å². The van der Waals surface area contributed by atoms with E-state index in [0.717, 1.165) is 5.56 Å². The second kappa shape index (κ2) is 4.40. The number of phenols is 1. The molecule has 0 aliphatic heterocycles. The van der Waals surface area contributed by atoms with Gasteiger partial charge in [-0.05, 0) is 12.1 Å². The van der Waals surface area contributed by atoms with Crippen molar-refractivity contribution in [3.05, 3.63) is 58.2 Å². The second-order valence-electron chi connectivity index (χ2n) is 4.02. The minimum atomic E-state index is -0.493. The van der Waals surface area contributed by atoms with E-state index in [9.17, 15) is 9.90 Å². The van der Waals surface area contributed by atoms with Crippen LogP contribution in [0.15, 0.2) is 51.9 Å². The summed E-state index contributed by atoms with van der Waals surface area (Å²) in [6.07, 6.45) is 3.30. The van der Waals surface area contributed by atoms with Gasteiger partial charge in [0, 0.05) is 41.0 Å². The van der Waals surface area contributed by atoms with E-state index in [-0.39, 0.29) is 16.4 Å². The van der Waals surface area contributed by atoms with Gasteiger partial charge in [0.2, 0.25) is 0 Å². The molecule has 2 heterocycles. The molecule has 0 saturated carbocycles. The summed E-state index contributed by atoms with van der Waals surface area (Å²) in [7, 11) is 0. The second-order valence-corrected chi connectivity index (χ2v) is 4.43. The number of aromatic hydroxyl groups is 1. The van der Waals surface area contributed by atoms with Crippen molar-refractivity contribution in [2.75, 3.05) is 0 Å². The van der Waals surface area contributed by atoms with Crippen molar-refractivity contribution < 1.29 is 9.52 Å². The lowest BCUT2D eigenvalue weighted by atomic mass is 10.0. The highest BCUT2D eigenvalue weighted by atomic mass is 35.5. The molecular weight excluding hydrogens is 266 g/mol. The number of rotatable bonds is 1. The van der Waals surface area contributed by atoms with Crippen LogP contribution in [0.1, 0.15) is 0 Å². The Kier molecular flexibility index (Phi) is 2.72. The lowest BCUT2D eigenvalue weighted by Crippen LogP contribution is -1.98. The molecule has 19 heavy (non-hydrogen) atoms. The number of halogens is 1. The highest BCUT2D eigenvalue weighted by molar-refractivity contribution is 6.33. The molecule has 0 spiro atoms. The standard InChI is InChI=1S/C14H8ClNO3/c15-11-4-10-9(8-2-1-3-16-7-8)5-14(18)19-13(10)6-12(11)17/h1-7,17H. The molecule has 0 saturated heterocycles. The van der Waals surface area contributed by atoms with Gasteiger partial charge < -0.3 is 9.52 Å². The van der Waals surface area contributed by atoms with E-state index in [1.54, 1.807) is 24.5 Å². The van der Waals surface area contributed by atoms with E-state index in [0.29, 0.717) is 10.9 Å². The van der Waals surface area contributed by atoms with Gasteiger partial charge in [0.15, 0.2) is 0 Å². The van der Waals surface area contributed by atoms with Crippen LogP contribution in [-0.2, 0) is 0 Å². The van der Waals surface area contributed by atoms with E-state index in [4.69, 9.17) is 16.0 Å². The number of hydrogen-bond donors (Lipinski definition) is 1. The summed E-state index contributed by atoms with van der Waals surface area (Å²) in [6.45, 7) is 0. The number of phenolic OH excluding ortho intramolecular Hbond substituents is 1. The Morgan fingerprint density at radius 3 is 2.84 bits per heavy atom. The highest BCUT2D eigenvalue weighted by Gasteiger charge is 2.11. The third-order valence-electron chi connectivity index (χ3n) is 2.78. The normalized spacial score (nSPS) is 10.8. The first kappa shape index (κ1) is 11.7. The predicted molar refractivity (Wildman–Crippen MR) is 72.4 cm³/mol. The molecule has 0 fully saturated rings. The molecule has 1 aromatic carbocycles. The van der Waals surface area contributed by atoms with Gasteiger partial charge in [0.05, 0.1) is 5.02 Å². The lowest BCUT2D eigenvalue weighted by molar-refractivity contribution is 0.473. The molecule has 5 heteroatoms. The summed E-state index contributed by atoms with van der Waals surface area (Å²) in [6, 6.07) is 7.89. The number of hydrogen-bond acceptors (Lipinski definition) is 4. The maximum atomic E-state index is 11.6. The largest absolute Gasteiger partial charge is 0.506 e. The maximum absolute atomic E-state index is 11.6. The molecule has 0 atom stereocenters. The first-order chi connectivity index (χ1) is 9.15. The number of pyridine rings is 1. The zero-order valence-corrected chi connectivity index (χ0v) is 10.4. The monoisotopic (exact) mass is 273 g/mol. The fraction of sp³-hybridized carbons (Fsp3) is 0. The minimum absolute atomic E-state index is 0.124. The lowest BCUT2D eigenvalue weighted by Gasteiger charge is -2.06. The molecule has 0 radical (unpaired) electrons. The number of fused-ring (bicyclic) bond motifs is 1. The van der Waals surface area contributed by atoms with Gasteiger partial charge in [-0.3, -0.25) is 4.98 Å². The van der Waals surface area contributed by atoms with E-state index in [1.807, 2.05) is 6.07 Å². The SMILES string of the molecule is O=c1cc(-c2cccnc2)c2cc(Cl)c(O)cc2o1. The molecule has 1 N–H and O–H groups in total. The van der Waals surface area contributed by atoms with Crippen LogP contribution in [0.2, 0.25) is 5.02 Å². The van der Waals surface area contributed by atoms with Crippen LogP contribution in [0.4, 0.5) is 0 Å². The fourth-order valence-corrected chi connectivity index (χ4v) is 2.10. The summed E-state index contributed by atoms with van der Waals surface area (Å²) >= 11 is 5.90. The Morgan fingerprint density at radius 2 is 2.11 bits per heavy atom. The molecule has 94 valence electrons. The maximum Gasteiger partial charge on any atom is 0.336 e. The zero-order chi connectivity index (χ0) is 13.4. The summed E-state index contributed by atoms with van der Waals surface area (Å²) in [5.74, 6) is -0.124. The van der Waals surface area contributed by atoms with Gasteiger partial charge in [0.1, 0.15) is 11.3 Å². The number of aromatic nitrogens is 1. The van der Waals surface area contributed by atoms with Crippen molar-refractivity contribution in [3.63, 3.8) is 0 Å². The Labute approximate surface area is 112 Å². The van der Waals surface area contributed by atoms with Crippen molar-refractivity contribution >= 4 is 22.6 Å². The molecule has 4 nitrogen and oxygen atoms in total. The van der Waals surface area contributed by atoms with Crippen molar-refractivity contribution in [2.24, 2.45) is 0 Å². The summed E-state index contributed by atoms with van der Waals surface area (Å²) < 4.78 is 5.07. The third kappa shape index (κ3) is 2.06. The van der Waals surface area contributed by atoms with Crippen molar-refractivity contribution in [1.82, 2.24) is 4.98 Å². The molecule has 0 aliphatic carbocycles. The molecular formula is C14H8ClNO3. The minimum Gasteiger partial charge on any atom is -0.506 e. The Balaban J connectivity index is 2.42. The van der Waals surface area contributed by atoms with Gasteiger partial charge in [-0.2, -0.15) is 0 Å². The van der Waals surface area contributed by atoms with E-state index < -0.39 is 5.63 Å². The van der Waals surface area contributed by atoms with Gasteiger partial charge in [-0.25, -0.2) is 4.79 Å². The van der Waals surface area contributed by atoms with E-state index in [1.165, 1.54) is 12.1 Å². The van der Waals surface area contributed by atoms with Gasteiger partial charge >= 0.3 is 5.63 Å². The quantitative estimate of drug-likeness (QED) is 0.692. The van der Waals surface area contributed by atoms with Crippen LogP contribution >= 0.6 is 11.6 Å². The average molecular weight is 274 g/mol. The molecule has 3 aromatic rings. The summed E-state index contributed by atoms with van der Waals surface area (Å²) in [5, 5.41) is 10.4. The van der Waals surface area contributed by atoms with Crippen LogP contribution in [0.25, 0.3) is 22.1 Å². The molecule has 0 bridgehead atoms. The van der Waals surface area contributed by atoms with Gasteiger partial charge in [-0.15, -0.1) is 0 Å². The summed E-state index contributed by atoms with van der Waals surface area (Å²) in [5.41, 5.74) is 1.24. The van der Waals surface area contributed by atoms with Crippen molar-refractivity contribution in [1.29, 1.82) is 0 Å².